The van der Waals surface area contributed by atoms with Gasteiger partial charge in [-0.05, 0) is 27.3 Å². The van der Waals surface area contributed by atoms with Crippen molar-refractivity contribution >= 4 is 15.7 Å². The molecule has 0 aliphatic carbocycles. The van der Waals surface area contributed by atoms with E-state index in [-0.39, 0.29) is 24.1 Å². The van der Waals surface area contributed by atoms with Crippen LogP contribution in [0.4, 0.5) is 13.2 Å². The molecule has 1 aliphatic rings. The van der Waals surface area contributed by atoms with Crippen molar-refractivity contribution in [1.29, 1.82) is 0 Å². The van der Waals surface area contributed by atoms with Gasteiger partial charge in [-0.25, -0.2) is 8.42 Å². The zero-order valence-corrected chi connectivity index (χ0v) is 15.7. The van der Waals surface area contributed by atoms with E-state index in [1.807, 2.05) is 12.2 Å². The number of nitrogens with one attached hydrogen (secondary N) is 1. The lowest BCUT2D eigenvalue weighted by Gasteiger charge is -2.17. The number of hydrogen-bond acceptors (Lipinski definition) is 5. The summed E-state index contributed by atoms with van der Waals surface area (Å²) >= 11 is 0. The molecule has 11 heteroatoms. The Hall–Kier alpha value is -1.62. The lowest BCUT2D eigenvalue weighted by atomic mass is 10.1. The van der Waals surface area contributed by atoms with Crippen LogP contribution in [-0.2, 0) is 21.2 Å². The van der Waals surface area contributed by atoms with E-state index in [0.717, 1.165) is 11.3 Å². The molecular formula is C15H23F3N4O3S. The highest BCUT2D eigenvalue weighted by atomic mass is 32.2. The number of hydrogen-bond donors (Lipinski definition) is 1. The summed E-state index contributed by atoms with van der Waals surface area (Å²) in [6.45, 7) is 2.41. The Bertz CT molecular complexity index is 774. The van der Waals surface area contributed by atoms with Crippen LogP contribution in [0.5, 0.6) is 0 Å². The Morgan fingerprint density at radius 1 is 1.38 bits per heavy atom. The van der Waals surface area contributed by atoms with Crippen LogP contribution >= 0.6 is 0 Å². The smallest absolute Gasteiger partial charge is 0.346 e. The van der Waals surface area contributed by atoms with E-state index in [2.05, 4.69) is 5.10 Å². The molecule has 1 aliphatic heterocycles. The van der Waals surface area contributed by atoms with Gasteiger partial charge in [0.1, 0.15) is 6.54 Å². The Morgan fingerprint density at radius 3 is 2.58 bits per heavy atom. The molecule has 2 heterocycles. The van der Waals surface area contributed by atoms with Gasteiger partial charge in [0, 0.05) is 17.8 Å². The van der Waals surface area contributed by atoms with Crippen molar-refractivity contribution < 1.29 is 26.4 Å². The van der Waals surface area contributed by atoms with E-state index in [4.69, 9.17) is 0 Å². The lowest BCUT2D eigenvalue weighted by molar-refractivity contribution is -0.138. The second-order valence-corrected chi connectivity index (χ2v) is 8.94. The molecule has 1 N–H and O–H groups in total. The van der Waals surface area contributed by atoms with E-state index < -0.39 is 28.5 Å². The first-order chi connectivity index (χ1) is 11.9. The van der Waals surface area contributed by atoms with Crippen LogP contribution in [0.15, 0.2) is 0 Å². The first-order valence-electron chi connectivity index (χ1n) is 8.15. The Balaban J connectivity index is 2.00. The van der Waals surface area contributed by atoms with Crippen molar-refractivity contribution in [3.63, 3.8) is 0 Å². The zero-order chi connectivity index (χ0) is 19.7. The first kappa shape index (κ1) is 20.7. The molecule has 7 nitrogen and oxygen atoms in total. The number of carbonyl (C=O) groups excluding carboxylic acids is 1. The number of rotatable bonds is 6. The molecule has 0 bridgehead atoms. The number of sulfone groups is 1. The van der Waals surface area contributed by atoms with Crippen LogP contribution in [0.3, 0.4) is 0 Å². The molecule has 148 valence electrons. The normalized spacial score (nSPS) is 19.9. The number of aromatic nitrogens is 2. The predicted octanol–water partition coefficient (Wildman–Crippen LogP) is 0.970. The molecule has 0 saturated carbocycles. The maximum Gasteiger partial charge on any atom is 0.405 e. The topological polar surface area (TPSA) is 84.3 Å². The van der Waals surface area contributed by atoms with Crippen molar-refractivity contribution in [3.05, 3.63) is 17.0 Å². The van der Waals surface area contributed by atoms with E-state index in [0.29, 0.717) is 18.7 Å². The summed E-state index contributed by atoms with van der Waals surface area (Å²) in [6, 6.07) is -0.201. The Morgan fingerprint density at radius 2 is 2.04 bits per heavy atom. The van der Waals surface area contributed by atoms with Crippen LogP contribution < -0.4 is 5.32 Å². The third-order valence-corrected chi connectivity index (χ3v) is 6.11. The van der Waals surface area contributed by atoms with Gasteiger partial charge in [0.25, 0.3) is 0 Å². The van der Waals surface area contributed by atoms with E-state index in [1.165, 1.54) is 0 Å². The molecule has 1 amide bonds. The van der Waals surface area contributed by atoms with Crippen LogP contribution in [0.25, 0.3) is 0 Å². The largest absolute Gasteiger partial charge is 0.405 e. The number of halogens is 3. The van der Waals surface area contributed by atoms with Gasteiger partial charge in [-0.1, -0.05) is 0 Å². The predicted molar refractivity (Wildman–Crippen MR) is 89.4 cm³/mol. The van der Waals surface area contributed by atoms with Crippen molar-refractivity contribution in [2.45, 2.75) is 39.0 Å². The summed E-state index contributed by atoms with van der Waals surface area (Å²) in [5.41, 5.74) is 2.38. The summed E-state index contributed by atoms with van der Waals surface area (Å²) in [6.07, 6.45) is -3.93. The summed E-state index contributed by atoms with van der Waals surface area (Å²) < 4.78 is 61.5. The van der Waals surface area contributed by atoms with Gasteiger partial charge >= 0.3 is 6.18 Å². The fourth-order valence-electron chi connectivity index (χ4n) is 3.08. The molecule has 0 aromatic carbocycles. The minimum atomic E-state index is -4.44. The van der Waals surface area contributed by atoms with Crippen LogP contribution in [0, 0.1) is 13.8 Å². The van der Waals surface area contributed by atoms with Gasteiger partial charge in [0.15, 0.2) is 9.84 Å². The standard InChI is InChI=1S/C15H23F3N4O3S/c1-10-13(6-21(3)7-14(23)19-9-15(16,17)18)11(2)22(20-10)12-4-5-26(24,25)8-12/h12H,4-9H2,1-3H3,(H,19,23)/t12-/m0/s1. The number of amides is 1. The fourth-order valence-corrected chi connectivity index (χ4v) is 4.77. The number of carbonyl (C=O) groups is 1. The third-order valence-electron chi connectivity index (χ3n) is 4.36. The summed E-state index contributed by atoms with van der Waals surface area (Å²) in [4.78, 5) is 13.2. The summed E-state index contributed by atoms with van der Waals surface area (Å²) in [5, 5.41) is 6.27. The minimum absolute atomic E-state index is 0.0596. The van der Waals surface area contributed by atoms with Gasteiger partial charge in [-0.2, -0.15) is 18.3 Å². The van der Waals surface area contributed by atoms with Gasteiger partial charge in [0.05, 0.1) is 29.8 Å². The fraction of sp³-hybridized carbons (Fsp3) is 0.733. The molecule has 1 saturated heterocycles. The number of likely N-dealkylation sites (N-methyl/N-ethyl adjacent to an activating group) is 1. The summed E-state index contributed by atoms with van der Waals surface area (Å²) in [7, 11) is -1.41. The first-order valence-corrected chi connectivity index (χ1v) is 9.97. The highest BCUT2D eigenvalue weighted by Gasteiger charge is 2.32. The second-order valence-electron chi connectivity index (χ2n) is 6.72. The van der Waals surface area contributed by atoms with Gasteiger partial charge in [0.2, 0.25) is 5.91 Å². The average Bonchev–Trinajstić information content (AvgIpc) is 2.98. The van der Waals surface area contributed by atoms with Crippen molar-refractivity contribution in [3.8, 4) is 0 Å². The molecule has 26 heavy (non-hydrogen) atoms. The molecule has 1 fully saturated rings. The minimum Gasteiger partial charge on any atom is -0.346 e. The molecule has 0 radical (unpaired) electrons. The number of alkyl halides is 3. The SMILES string of the molecule is Cc1nn([C@H]2CCS(=O)(=O)C2)c(C)c1CN(C)CC(=O)NCC(F)(F)F. The number of aryl methyl sites for hydroxylation is 1. The lowest BCUT2D eigenvalue weighted by Crippen LogP contribution is -2.39. The Kier molecular flexibility index (Phi) is 6.01. The highest BCUT2D eigenvalue weighted by molar-refractivity contribution is 7.91. The molecular weight excluding hydrogens is 373 g/mol. The second kappa shape index (κ2) is 7.55. The highest BCUT2D eigenvalue weighted by Crippen LogP contribution is 2.27. The van der Waals surface area contributed by atoms with Crippen LogP contribution in [0.1, 0.15) is 29.4 Å². The number of nitrogens with zero attached hydrogens (tertiary/aromatic N) is 3. The van der Waals surface area contributed by atoms with Crippen molar-refractivity contribution in [2.24, 2.45) is 0 Å². The van der Waals surface area contributed by atoms with Crippen molar-refractivity contribution in [1.82, 2.24) is 20.0 Å². The van der Waals surface area contributed by atoms with Gasteiger partial charge in [-0.15, -0.1) is 0 Å². The average molecular weight is 396 g/mol. The molecule has 1 aromatic heterocycles. The summed E-state index contributed by atoms with van der Waals surface area (Å²) in [5.74, 6) is -0.510. The third kappa shape index (κ3) is 5.44. The van der Waals surface area contributed by atoms with Crippen LogP contribution in [-0.4, -0.2) is 66.8 Å². The van der Waals surface area contributed by atoms with Gasteiger partial charge < -0.3 is 5.32 Å². The quantitative estimate of drug-likeness (QED) is 0.775. The van der Waals surface area contributed by atoms with E-state index >= 15 is 0 Å². The zero-order valence-electron chi connectivity index (χ0n) is 14.9. The molecule has 0 unspecified atom stereocenters. The monoisotopic (exact) mass is 396 g/mol. The van der Waals surface area contributed by atoms with Crippen LogP contribution in [0.2, 0.25) is 0 Å². The Labute approximate surface area is 150 Å². The van der Waals surface area contributed by atoms with E-state index in [1.54, 1.807) is 23.6 Å². The van der Waals surface area contributed by atoms with Gasteiger partial charge in [-0.3, -0.25) is 14.4 Å². The maximum atomic E-state index is 12.1. The molecule has 0 spiro atoms. The molecule has 1 aromatic rings. The van der Waals surface area contributed by atoms with E-state index in [9.17, 15) is 26.4 Å². The van der Waals surface area contributed by atoms with Crippen molar-refractivity contribution in [2.75, 3.05) is 31.6 Å². The maximum absolute atomic E-state index is 12.1. The molecule has 1 atom stereocenters. The molecule has 2 rings (SSSR count).